The number of rotatable bonds is 6. The molecule has 1 aromatic heterocycles. The van der Waals surface area contributed by atoms with Gasteiger partial charge < -0.3 is 15.5 Å². The van der Waals surface area contributed by atoms with Gasteiger partial charge in [0.15, 0.2) is 11.5 Å². The highest BCUT2D eigenvalue weighted by Crippen LogP contribution is 2.36. The number of benzene rings is 1. The molecule has 1 fully saturated rings. The van der Waals surface area contributed by atoms with Crippen LogP contribution < -0.4 is 15.5 Å². The number of nitrogens with zero attached hydrogens (tertiary/aromatic N) is 4. The highest BCUT2D eigenvalue weighted by Gasteiger charge is 2.39. The smallest absolute Gasteiger partial charge is 0.354 e. The maximum Gasteiger partial charge on any atom is 0.435 e. The molecule has 2 N–H and O–H groups in total. The predicted molar refractivity (Wildman–Crippen MR) is 131 cm³/mol. The Kier molecular flexibility index (Phi) is 8.71. The molecule has 208 valence electrons. The number of halogens is 5. The zero-order chi connectivity index (χ0) is 28.3. The molecule has 0 bridgehead atoms. The van der Waals surface area contributed by atoms with Crippen LogP contribution in [0.25, 0.3) is 0 Å². The fraction of sp³-hybridized carbons (Fsp3) is 0.478. The van der Waals surface area contributed by atoms with E-state index in [2.05, 4.69) is 25.2 Å². The van der Waals surface area contributed by atoms with Crippen molar-refractivity contribution in [2.45, 2.75) is 43.2 Å². The lowest BCUT2D eigenvalue weighted by atomic mass is 10.1. The van der Waals surface area contributed by atoms with Gasteiger partial charge in [0, 0.05) is 42.8 Å². The lowest BCUT2D eigenvalue weighted by molar-refractivity contribution is -0.142. The molecule has 1 aliphatic rings. The van der Waals surface area contributed by atoms with Gasteiger partial charge in [0.25, 0.3) is 11.8 Å². The van der Waals surface area contributed by atoms with Crippen LogP contribution in [0.1, 0.15) is 40.9 Å². The van der Waals surface area contributed by atoms with Gasteiger partial charge in [-0.05, 0) is 44.2 Å². The fourth-order valence-corrected chi connectivity index (χ4v) is 5.22. The van der Waals surface area contributed by atoms with E-state index in [9.17, 15) is 35.8 Å². The summed E-state index contributed by atoms with van der Waals surface area (Å²) in [5.41, 5.74) is -2.29. The van der Waals surface area contributed by atoms with E-state index in [1.54, 1.807) is 0 Å². The highest BCUT2D eigenvalue weighted by molar-refractivity contribution is 7.93. The molecule has 0 spiro atoms. The number of nitrogens with one attached hydrogen (secondary N) is 2. The number of aromatic nitrogens is 2. The SMILES string of the molecule is CNCC(=O)N=[S@@](C)(=O)c1cccc(NC(=O)c2c(N3CCCC(F)(F)CC3)nnc(C(F)(F)F)c2C)c1. The van der Waals surface area contributed by atoms with Crippen molar-refractivity contribution in [2.24, 2.45) is 4.36 Å². The maximum absolute atomic E-state index is 13.9. The summed E-state index contributed by atoms with van der Waals surface area (Å²) in [6.07, 6.45) is -4.59. The number of carbonyl (C=O) groups excluding carboxylic acids is 2. The highest BCUT2D eigenvalue weighted by atomic mass is 32.2. The van der Waals surface area contributed by atoms with Gasteiger partial charge in [-0.25, -0.2) is 13.0 Å². The molecule has 0 saturated carbocycles. The molecule has 15 heteroatoms. The predicted octanol–water partition coefficient (Wildman–Crippen LogP) is 3.88. The van der Waals surface area contributed by atoms with Crippen molar-refractivity contribution in [1.29, 1.82) is 0 Å². The normalized spacial score (nSPS) is 17.3. The van der Waals surface area contributed by atoms with Gasteiger partial charge in [0.1, 0.15) is 0 Å². The molecule has 2 aromatic rings. The van der Waals surface area contributed by atoms with Gasteiger partial charge in [-0.1, -0.05) is 6.07 Å². The Labute approximate surface area is 216 Å². The Balaban J connectivity index is 2.02. The first-order valence-corrected chi connectivity index (χ1v) is 13.5. The third kappa shape index (κ3) is 7.01. The number of anilines is 2. The second-order valence-electron chi connectivity index (χ2n) is 8.87. The molecule has 2 heterocycles. The quantitative estimate of drug-likeness (QED) is 0.514. The molecule has 9 nitrogen and oxygen atoms in total. The van der Waals surface area contributed by atoms with Crippen LogP contribution in [0.2, 0.25) is 0 Å². The number of amides is 2. The lowest BCUT2D eigenvalue weighted by Crippen LogP contribution is -2.31. The van der Waals surface area contributed by atoms with E-state index in [0.29, 0.717) is 0 Å². The van der Waals surface area contributed by atoms with Crippen LogP contribution in [-0.4, -0.2) is 65.1 Å². The van der Waals surface area contributed by atoms with Crippen LogP contribution in [0.15, 0.2) is 33.5 Å². The molecular weight excluding hydrogens is 535 g/mol. The Bertz CT molecular complexity index is 1340. The van der Waals surface area contributed by atoms with Gasteiger partial charge in [0.2, 0.25) is 5.92 Å². The van der Waals surface area contributed by atoms with Crippen LogP contribution in [0, 0.1) is 6.92 Å². The lowest BCUT2D eigenvalue weighted by Gasteiger charge is -2.25. The third-order valence-corrected chi connectivity index (χ3v) is 7.53. The van der Waals surface area contributed by atoms with E-state index in [0.717, 1.165) is 6.92 Å². The minimum absolute atomic E-state index is 0.0402. The molecule has 2 amide bonds. The Hall–Kier alpha value is -3.20. The summed E-state index contributed by atoms with van der Waals surface area (Å²) >= 11 is 0. The first-order valence-electron chi connectivity index (χ1n) is 11.5. The summed E-state index contributed by atoms with van der Waals surface area (Å²) < 4.78 is 85.3. The molecular formula is C23H27F5N6O3S. The van der Waals surface area contributed by atoms with E-state index in [-0.39, 0.29) is 42.5 Å². The van der Waals surface area contributed by atoms with Crippen molar-refractivity contribution in [1.82, 2.24) is 15.5 Å². The average molecular weight is 563 g/mol. The second kappa shape index (κ2) is 11.3. The summed E-state index contributed by atoms with van der Waals surface area (Å²) in [7, 11) is -1.68. The average Bonchev–Trinajstić information content (AvgIpc) is 2.98. The number of alkyl halides is 5. The zero-order valence-corrected chi connectivity index (χ0v) is 21.7. The van der Waals surface area contributed by atoms with E-state index in [1.165, 1.54) is 42.5 Å². The summed E-state index contributed by atoms with van der Waals surface area (Å²) in [6.45, 7) is 0.736. The molecule has 38 heavy (non-hydrogen) atoms. The summed E-state index contributed by atoms with van der Waals surface area (Å²) in [5, 5.41) is 12.0. The second-order valence-corrected chi connectivity index (χ2v) is 11.1. The fourth-order valence-electron chi connectivity index (χ4n) is 3.98. The molecule has 3 rings (SSSR count). The van der Waals surface area contributed by atoms with Crippen molar-refractivity contribution < 1.29 is 35.8 Å². The topological polar surface area (TPSA) is 117 Å². The van der Waals surface area contributed by atoms with E-state index < -0.39 is 63.3 Å². The number of hydrogen-bond acceptors (Lipinski definition) is 7. The number of hydrogen-bond donors (Lipinski definition) is 2. The zero-order valence-electron chi connectivity index (χ0n) is 20.9. The Morgan fingerprint density at radius 3 is 2.55 bits per heavy atom. The van der Waals surface area contributed by atoms with Gasteiger partial charge in [-0.3, -0.25) is 9.59 Å². The first kappa shape index (κ1) is 29.4. The minimum atomic E-state index is -4.91. The van der Waals surface area contributed by atoms with Crippen LogP contribution in [-0.2, 0) is 20.7 Å². The van der Waals surface area contributed by atoms with Gasteiger partial charge >= 0.3 is 6.18 Å². The standard InChI is InChI=1S/C23H27F5N6O3S/c1-14-18(20(32-31-19(14)23(26,27)28)34-10-5-8-22(24,25)9-11-34)21(36)30-15-6-4-7-16(12-15)38(3,37)33-17(35)13-29-2/h4,6-7,12,29H,5,8-11,13H2,1-3H3,(H,30,36)/t38-/m0/s1. The molecule has 1 atom stereocenters. The summed E-state index contributed by atoms with van der Waals surface area (Å²) in [4.78, 5) is 26.6. The first-order chi connectivity index (χ1) is 17.6. The largest absolute Gasteiger partial charge is 0.435 e. The maximum atomic E-state index is 13.9. The van der Waals surface area contributed by atoms with Crippen molar-refractivity contribution >= 4 is 33.0 Å². The molecule has 1 aromatic carbocycles. The monoisotopic (exact) mass is 562 g/mol. The molecule has 0 aliphatic carbocycles. The van der Waals surface area contributed by atoms with Crippen molar-refractivity contribution in [3.63, 3.8) is 0 Å². The molecule has 0 radical (unpaired) electrons. The molecule has 0 unspecified atom stereocenters. The molecule has 1 aliphatic heterocycles. The van der Waals surface area contributed by atoms with Crippen molar-refractivity contribution in [2.75, 3.05) is 43.2 Å². The van der Waals surface area contributed by atoms with Crippen LogP contribution in [0.4, 0.5) is 33.5 Å². The van der Waals surface area contributed by atoms with Crippen molar-refractivity contribution in [3.8, 4) is 0 Å². The van der Waals surface area contributed by atoms with Gasteiger partial charge in [-0.2, -0.15) is 17.5 Å². The summed E-state index contributed by atoms with van der Waals surface area (Å²) in [5.74, 6) is -4.83. The van der Waals surface area contributed by atoms with E-state index in [4.69, 9.17) is 0 Å². The Morgan fingerprint density at radius 2 is 1.89 bits per heavy atom. The molecule has 1 saturated heterocycles. The van der Waals surface area contributed by atoms with E-state index >= 15 is 0 Å². The van der Waals surface area contributed by atoms with Crippen LogP contribution >= 0.6 is 0 Å². The minimum Gasteiger partial charge on any atom is -0.354 e. The summed E-state index contributed by atoms with van der Waals surface area (Å²) in [6, 6.07) is 5.56. The van der Waals surface area contributed by atoms with Gasteiger partial charge in [-0.15, -0.1) is 10.2 Å². The van der Waals surface area contributed by atoms with E-state index in [1.807, 2.05) is 0 Å². The number of likely N-dealkylation sites (N-methyl/N-ethyl adjacent to an activating group) is 1. The van der Waals surface area contributed by atoms with Gasteiger partial charge in [0.05, 0.1) is 21.8 Å². The van der Waals surface area contributed by atoms with Crippen LogP contribution in [0.5, 0.6) is 0 Å². The van der Waals surface area contributed by atoms with Crippen molar-refractivity contribution in [3.05, 3.63) is 41.1 Å². The van der Waals surface area contributed by atoms with Crippen LogP contribution in [0.3, 0.4) is 0 Å². The Morgan fingerprint density at radius 1 is 1.18 bits per heavy atom. The number of carbonyl (C=O) groups is 2. The third-order valence-electron chi connectivity index (χ3n) is 5.84.